The van der Waals surface area contributed by atoms with Crippen LogP contribution in [0.3, 0.4) is 0 Å². The molecule has 27 heavy (non-hydrogen) atoms. The van der Waals surface area contributed by atoms with Gasteiger partial charge in [0.25, 0.3) is 5.91 Å². The number of carbonyl (C=O) groups excluding carboxylic acids is 2. The summed E-state index contributed by atoms with van der Waals surface area (Å²) in [6.45, 7) is 1.57. The van der Waals surface area contributed by atoms with E-state index in [2.05, 4.69) is 5.01 Å². The van der Waals surface area contributed by atoms with Gasteiger partial charge in [0.2, 0.25) is 5.91 Å². The molecule has 3 atom stereocenters. The van der Waals surface area contributed by atoms with Gasteiger partial charge in [0.15, 0.2) is 0 Å². The molecule has 3 saturated heterocycles. The third-order valence-electron chi connectivity index (χ3n) is 5.70. The summed E-state index contributed by atoms with van der Waals surface area (Å²) in [6, 6.07) is 12.2. The van der Waals surface area contributed by atoms with Gasteiger partial charge in [0.05, 0.1) is 17.6 Å². The fourth-order valence-electron chi connectivity index (χ4n) is 4.62. The fraction of sp³-hybridized carbons (Fsp3) is 0.300. The smallest absolute Gasteiger partial charge is 0.253 e. The molecule has 7 heteroatoms. The number of hydrazine groups is 1. The maximum Gasteiger partial charge on any atom is 0.253 e. The van der Waals surface area contributed by atoms with Gasteiger partial charge in [-0.2, -0.15) is 0 Å². The van der Waals surface area contributed by atoms with Crippen LogP contribution in [0.4, 0.5) is 10.1 Å². The minimum atomic E-state index is -0.509. The zero-order chi connectivity index (χ0) is 18.7. The average Bonchev–Trinajstić information content (AvgIpc) is 3.30. The number of benzene rings is 2. The van der Waals surface area contributed by atoms with Crippen LogP contribution in [0, 0.1) is 11.7 Å². The number of fused-ring (bicyclic) bond motifs is 3. The number of carbonyl (C=O) groups is 2. The van der Waals surface area contributed by atoms with Crippen LogP contribution in [-0.2, 0) is 9.59 Å². The summed E-state index contributed by atoms with van der Waals surface area (Å²) in [5, 5.41) is 4.82. The van der Waals surface area contributed by atoms with Gasteiger partial charge in [0.1, 0.15) is 11.9 Å². The Morgan fingerprint density at radius 3 is 2.15 bits per heavy atom. The highest BCUT2D eigenvalue weighted by atomic mass is 35.5. The Morgan fingerprint density at radius 2 is 1.48 bits per heavy atom. The number of anilines is 1. The standard InChI is InChI=1S/C20H17ClFN3O2/c21-13-4-2-12(3-5-13)17-16-18(24-11-1-10-23(17)24)20(27)25(19(16)26)15-8-6-14(22)7-9-15/h2-9,16-18H,1,10-11H2/t16-,17-,18+/m0/s1. The zero-order valence-corrected chi connectivity index (χ0v) is 15.1. The zero-order valence-electron chi connectivity index (χ0n) is 14.4. The third-order valence-corrected chi connectivity index (χ3v) is 5.95. The molecule has 0 bridgehead atoms. The molecule has 0 saturated carbocycles. The SMILES string of the molecule is O=C1[C@@H]2[C@H](C(=O)N1c1ccc(F)cc1)N1CCCN1[C@H]2c1ccc(Cl)cc1. The first kappa shape index (κ1) is 16.9. The molecule has 3 fully saturated rings. The first-order chi connectivity index (χ1) is 13.1. The van der Waals surface area contributed by atoms with Gasteiger partial charge in [-0.1, -0.05) is 23.7 Å². The molecular weight excluding hydrogens is 369 g/mol. The van der Waals surface area contributed by atoms with Crippen molar-refractivity contribution in [1.29, 1.82) is 0 Å². The second kappa shape index (κ2) is 6.12. The Kier molecular flexibility index (Phi) is 3.82. The highest BCUT2D eigenvalue weighted by Crippen LogP contribution is 2.48. The van der Waals surface area contributed by atoms with E-state index in [-0.39, 0.29) is 17.9 Å². The van der Waals surface area contributed by atoms with Gasteiger partial charge in [-0.3, -0.25) is 9.59 Å². The van der Waals surface area contributed by atoms with Crippen LogP contribution in [0.25, 0.3) is 0 Å². The van der Waals surface area contributed by atoms with Crippen molar-refractivity contribution in [3.05, 3.63) is 64.9 Å². The molecule has 0 aromatic heterocycles. The molecule has 2 aromatic carbocycles. The van der Waals surface area contributed by atoms with Crippen molar-refractivity contribution in [1.82, 2.24) is 10.0 Å². The predicted molar refractivity (Wildman–Crippen MR) is 98.4 cm³/mol. The van der Waals surface area contributed by atoms with E-state index in [1.807, 2.05) is 29.3 Å². The van der Waals surface area contributed by atoms with Crippen LogP contribution in [0.15, 0.2) is 48.5 Å². The van der Waals surface area contributed by atoms with Crippen LogP contribution in [0.2, 0.25) is 5.02 Å². The molecule has 3 heterocycles. The topological polar surface area (TPSA) is 43.9 Å². The van der Waals surface area contributed by atoms with Gasteiger partial charge in [-0.25, -0.2) is 19.3 Å². The Labute approximate surface area is 160 Å². The van der Waals surface area contributed by atoms with E-state index >= 15 is 0 Å². The number of halogens is 2. The van der Waals surface area contributed by atoms with Crippen molar-refractivity contribution in [3.8, 4) is 0 Å². The summed E-state index contributed by atoms with van der Waals surface area (Å²) >= 11 is 6.02. The summed E-state index contributed by atoms with van der Waals surface area (Å²) < 4.78 is 13.3. The van der Waals surface area contributed by atoms with Crippen molar-refractivity contribution in [2.24, 2.45) is 5.92 Å². The lowest BCUT2D eigenvalue weighted by molar-refractivity contribution is -0.126. The highest BCUT2D eigenvalue weighted by Gasteiger charge is 2.62. The average molecular weight is 386 g/mol. The van der Waals surface area contributed by atoms with Crippen LogP contribution >= 0.6 is 11.6 Å². The molecule has 2 amide bonds. The molecule has 0 N–H and O–H groups in total. The lowest BCUT2D eigenvalue weighted by Crippen LogP contribution is -2.44. The largest absolute Gasteiger partial charge is 0.274 e. The predicted octanol–water partition coefficient (Wildman–Crippen LogP) is 3.01. The van der Waals surface area contributed by atoms with Gasteiger partial charge < -0.3 is 0 Å². The molecule has 0 radical (unpaired) electrons. The normalized spacial score (nSPS) is 28.1. The molecule has 3 aliphatic rings. The number of hydrogen-bond acceptors (Lipinski definition) is 4. The number of amides is 2. The first-order valence-corrected chi connectivity index (χ1v) is 9.36. The molecule has 3 aliphatic heterocycles. The summed E-state index contributed by atoms with van der Waals surface area (Å²) in [7, 11) is 0. The second-order valence-electron chi connectivity index (χ2n) is 7.14. The minimum absolute atomic E-state index is 0.198. The van der Waals surface area contributed by atoms with Gasteiger partial charge in [-0.05, 0) is 48.4 Å². The molecular formula is C20H17ClFN3O2. The van der Waals surface area contributed by atoms with E-state index in [9.17, 15) is 14.0 Å². The van der Waals surface area contributed by atoms with Crippen molar-refractivity contribution in [2.75, 3.05) is 18.0 Å². The maximum absolute atomic E-state index is 13.3. The van der Waals surface area contributed by atoms with Crippen molar-refractivity contribution < 1.29 is 14.0 Å². The number of imide groups is 1. The van der Waals surface area contributed by atoms with Gasteiger partial charge in [-0.15, -0.1) is 0 Å². The molecule has 5 rings (SSSR count). The van der Waals surface area contributed by atoms with E-state index in [4.69, 9.17) is 11.6 Å². The van der Waals surface area contributed by atoms with Crippen LogP contribution in [0.1, 0.15) is 18.0 Å². The Bertz CT molecular complexity index is 918. The molecule has 2 aromatic rings. The van der Waals surface area contributed by atoms with Crippen LogP contribution in [-0.4, -0.2) is 41.0 Å². The maximum atomic E-state index is 13.3. The monoisotopic (exact) mass is 385 g/mol. The summed E-state index contributed by atoms with van der Waals surface area (Å²) in [5.41, 5.74) is 1.39. The lowest BCUT2D eigenvalue weighted by atomic mass is 9.90. The summed E-state index contributed by atoms with van der Waals surface area (Å²) in [6.07, 6.45) is 0.950. The van der Waals surface area contributed by atoms with E-state index < -0.39 is 17.8 Å². The fourth-order valence-corrected chi connectivity index (χ4v) is 4.74. The van der Waals surface area contributed by atoms with Crippen molar-refractivity contribution in [3.63, 3.8) is 0 Å². The van der Waals surface area contributed by atoms with Crippen LogP contribution < -0.4 is 4.90 Å². The Morgan fingerprint density at radius 1 is 0.852 bits per heavy atom. The van der Waals surface area contributed by atoms with E-state index in [0.717, 1.165) is 25.1 Å². The third kappa shape index (κ3) is 2.44. The van der Waals surface area contributed by atoms with Crippen molar-refractivity contribution >= 4 is 29.1 Å². The first-order valence-electron chi connectivity index (χ1n) is 8.98. The molecule has 0 aliphatic carbocycles. The number of nitrogens with zero attached hydrogens (tertiary/aromatic N) is 3. The van der Waals surface area contributed by atoms with Crippen LogP contribution in [0.5, 0.6) is 0 Å². The molecule has 138 valence electrons. The van der Waals surface area contributed by atoms with E-state index in [1.54, 1.807) is 0 Å². The number of rotatable bonds is 2. The summed E-state index contributed by atoms with van der Waals surface area (Å²) in [4.78, 5) is 27.7. The van der Waals surface area contributed by atoms with Gasteiger partial charge >= 0.3 is 0 Å². The quantitative estimate of drug-likeness (QED) is 0.745. The molecule has 5 nitrogen and oxygen atoms in total. The molecule has 0 unspecified atom stereocenters. The van der Waals surface area contributed by atoms with Gasteiger partial charge in [0, 0.05) is 18.1 Å². The Hall–Kier alpha value is -2.28. The van der Waals surface area contributed by atoms with Crippen molar-refractivity contribution in [2.45, 2.75) is 18.5 Å². The number of hydrogen-bond donors (Lipinski definition) is 0. The summed E-state index contributed by atoms with van der Waals surface area (Å²) in [5.74, 6) is -1.35. The van der Waals surface area contributed by atoms with E-state index in [1.165, 1.54) is 29.2 Å². The minimum Gasteiger partial charge on any atom is -0.274 e. The lowest BCUT2D eigenvalue weighted by Gasteiger charge is -2.29. The second-order valence-corrected chi connectivity index (χ2v) is 7.57. The Balaban J connectivity index is 1.57. The molecule has 0 spiro atoms. The highest BCUT2D eigenvalue weighted by molar-refractivity contribution is 6.30. The van der Waals surface area contributed by atoms with E-state index in [0.29, 0.717) is 10.7 Å².